The largest absolute Gasteiger partial charge is 0.496 e. The number of sulfonamides is 1. The predicted octanol–water partition coefficient (Wildman–Crippen LogP) is 1.48. The standard InChI is InChI=1S/C22H27N3O7S/c1-3-23-21(26)15-32-17-6-4-16(5-7-17)24-22(27)19-14-18(8-9-20(19)30-2)33(28,29)25-10-12-31-13-11-25/h4-9,14H,3,10-13,15H2,1-2H3,(H,23,26)(H,24,27). The molecule has 1 heterocycles. The van der Waals surface area contributed by atoms with Crippen LogP contribution in [0.25, 0.3) is 0 Å². The maximum absolute atomic E-state index is 13.0. The Balaban J connectivity index is 1.73. The fourth-order valence-corrected chi connectivity index (χ4v) is 4.63. The molecule has 2 amide bonds. The average molecular weight is 478 g/mol. The van der Waals surface area contributed by atoms with Gasteiger partial charge < -0.3 is 24.8 Å². The first-order valence-electron chi connectivity index (χ1n) is 10.4. The van der Waals surface area contributed by atoms with E-state index >= 15 is 0 Å². The van der Waals surface area contributed by atoms with Gasteiger partial charge in [0.2, 0.25) is 10.0 Å². The summed E-state index contributed by atoms with van der Waals surface area (Å²) in [4.78, 5) is 24.4. The summed E-state index contributed by atoms with van der Waals surface area (Å²) in [6.45, 7) is 3.39. The first-order valence-corrected chi connectivity index (χ1v) is 11.9. The van der Waals surface area contributed by atoms with Crippen LogP contribution in [0.1, 0.15) is 17.3 Å². The van der Waals surface area contributed by atoms with Crippen molar-refractivity contribution in [2.24, 2.45) is 0 Å². The third-order valence-corrected chi connectivity index (χ3v) is 6.77. The Morgan fingerprint density at radius 3 is 2.42 bits per heavy atom. The molecule has 0 unspecified atom stereocenters. The van der Waals surface area contributed by atoms with E-state index in [0.717, 1.165) is 0 Å². The third-order valence-electron chi connectivity index (χ3n) is 4.88. The predicted molar refractivity (Wildman–Crippen MR) is 121 cm³/mol. The van der Waals surface area contributed by atoms with Gasteiger partial charge in [0.1, 0.15) is 11.5 Å². The molecular weight excluding hydrogens is 450 g/mol. The number of hydrogen-bond acceptors (Lipinski definition) is 7. The molecule has 1 aliphatic rings. The Labute approximate surface area is 192 Å². The molecule has 1 aliphatic heterocycles. The van der Waals surface area contributed by atoms with E-state index in [1.54, 1.807) is 24.3 Å². The van der Waals surface area contributed by atoms with Crippen molar-refractivity contribution >= 4 is 27.5 Å². The maximum atomic E-state index is 13.0. The van der Waals surface area contributed by atoms with Crippen LogP contribution in [0.3, 0.4) is 0 Å². The zero-order valence-electron chi connectivity index (χ0n) is 18.5. The van der Waals surface area contributed by atoms with Gasteiger partial charge in [-0.25, -0.2) is 8.42 Å². The van der Waals surface area contributed by atoms with E-state index in [9.17, 15) is 18.0 Å². The molecule has 2 aromatic rings. The molecule has 3 rings (SSSR count). The molecule has 0 bridgehead atoms. The maximum Gasteiger partial charge on any atom is 0.259 e. The summed E-state index contributed by atoms with van der Waals surface area (Å²) in [5.41, 5.74) is 0.553. The van der Waals surface area contributed by atoms with Crippen LogP contribution in [0.4, 0.5) is 5.69 Å². The molecule has 0 saturated carbocycles. The molecule has 178 valence electrons. The first kappa shape index (κ1) is 24.5. The van der Waals surface area contributed by atoms with Crippen LogP contribution in [0.15, 0.2) is 47.4 Å². The summed E-state index contributed by atoms with van der Waals surface area (Å²) in [6.07, 6.45) is 0. The minimum Gasteiger partial charge on any atom is -0.496 e. The summed E-state index contributed by atoms with van der Waals surface area (Å²) in [7, 11) is -2.36. The fourth-order valence-electron chi connectivity index (χ4n) is 3.19. The molecule has 2 N–H and O–H groups in total. The summed E-state index contributed by atoms with van der Waals surface area (Å²) in [6, 6.07) is 10.7. The molecule has 1 saturated heterocycles. The number of amides is 2. The van der Waals surface area contributed by atoms with Crippen molar-refractivity contribution in [3.8, 4) is 11.5 Å². The number of morpholine rings is 1. The van der Waals surface area contributed by atoms with Gasteiger partial charge >= 0.3 is 0 Å². The van der Waals surface area contributed by atoms with Crippen molar-refractivity contribution in [2.75, 3.05) is 51.9 Å². The van der Waals surface area contributed by atoms with Gasteiger partial charge in [0.05, 0.1) is 30.8 Å². The summed E-state index contributed by atoms with van der Waals surface area (Å²) in [5.74, 6) is -0.0403. The average Bonchev–Trinajstić information content (AvgIpc) is 2.84. The molecule has 11 heteroatoms. The number of hydrogen-bond donors (Lipinski definition) is 2. The number of nitrogens with zero attached hydrogens (tertiary/aromatic N) is 1. The molecular formula is C22H27N3O7S. The van der Waals surface area contributed by atoms with Gasteiger partial charge in [-0.15, -0.1) is 0 Å². The minimum atomic E-state index is -3.77. The van der Waals surface area contributed by atoms with E-state index < -0.39 is 15.9 Å². The van der Waals surface area contributed by atoms with Gasteiger partial charge in [-0.05, 0) is 49.4 Å². The Kier molecular flexibility index (Phi) is 8.26. The van der Waals surface area contributed by atoms with Gasteiger partial charge in [-0.1, -0.05) is 0 Å². The van der Waals surface area contributed by atoms with Crippen molar-refractivity contribution in [2.45, 2.75) is 11.8 Å². The molecule has 0 aromatic heterocycles. The van der Waals surface area contributed by atoms with E-state index in [-0.39, 0.29) is 41.8 Å². The van der Waals surface area contributed by atoms with Gasteiger partial charge in [-0.3, -0.25) is 9.59 Å². The highest BCUT2D eigenvalue weighted by Gasteiger charge is 2.28. The topological polar surface area (TPSA) is 123 Å². The second-order valence-electron chi connectivity index (χ2n) is 7.10. The lowest BCUT2D eigenvalue weighted by Crippen LogP contribution is -2.40. The number of carbonyl (C=O) groups is 2. The van der Waals surface area contributed by atoms with Crippen molar-refractivity contribution < 1.29 is 32.2 Å². The number of ether oxygens (including phenoxy) is 3. The number of rotatable bonds is 9. The number of benzene rings is 2. The number of methoxy groups -OCH3 is 1. The van der Waals surface area contributed by atoms with E-state index in [1.807, 2.05) is 6.92 Å². The highest BCUT2D eigenvalue weighted by molar-refractivity contribution is 7.89. The monoisotopic (exact) mass is 477 g/mol. The SMILES string of the molecule is CCNC(=O)COc1ccc(NC(=O)c2cc(S(=O)(=O)N3CCOCC3)ccc2OC)cc1. The Morgan fingerprint density at radius 1 is 1.09 bits per heavy atom. The number of carbonyl (C=O) groups excluding carboxylic acids is 2. The summed E-state index contributed by atoms with van der Waals surface area (Å²) < 4.78 is 43.1. The molecule has 0 aliphatic carbocycles. The normalized spacial score (nSPS) is 14.4. The van der Waals surface area contributed by atoms with Crippen LogP contribution in [0.2, 0.25) is 0 Å². The third kappa shape index (κ3) is 6.21. The van der Waals surface area contributed by atoms with E-state index in [0.29, 0.717) is 31.2 Å². The second kappa shape index (κ2) is 11.1. The Morgan fingerprint density at radius 2 is 1.79 bits per heavy atom. The first-order chi connectivity index (χ1) is 15.8. The van der Waals surface area contributed by atoms with Gasteiger partial charge in [-0.2, -0.15) is 4.31 Å². The molecule has 0 spiro atoms. The van der Waals surface area contributed by atoms with Crippen molar-refractivity contribution in [1.29, 1.82) is 0 Å². The van der Waals surface area contributed by atoms with Gasteiger partial charge in [0.25, 0.3) is 11.8 Å². The molecule has 0 atom stereocenters. The van der Waals surface area contributed by atoms with Crippen LogP contribution in [-0.2, 0) is 19.6 Å². The van der Waals surface area contributed by atoms with Crippen molar-refractivity contribution in [3.05, 3.63) is 48.0 Å². The quantitative estimate of drug-likeness (QED) is 0.561. The summed E-state index contributed by atoms with van der Waals surface area (Å²) in [5, 5.41) is 5.35. The van der Waals surface area contributed by atoms with E-state index in [1.165, 1.54) is 29.6 Å². The fraction of sp³-hybridized carbons (Fsp3) is 0.364. The second-order valence-corrected chi connectivity index (χ2v) is 9.04. The van der Waals surface area contributed by atoms with Crippen LogP contribution >= 0.6 is 0 Å². The highest BCUT2D eigenvalue weighted by Crippen LogP contribution is 2.26. The van der Waals surface area contributed by atoms with E-state index in [2.05, 4.69) is 10.6 Å². The van der Waals surface area contributed by atoms with E-state index in [4.69, 9.17) is 14.2 Å². The zero-order chi connectivity index (χ0) is 23.8. The Bertz CT molecular complexity index is 1080. The smallest absolute Gasteiger partial charge is 0.259 e. The number of anilines is 1. The lowest BCUT2D eigenvalue weighted by molar-refractivity contribution is -0.122. The molecule has 2 aromatic carbocycles. The van der Waals surface area contributed by atoms with Crippen LogP contribution in [0.5, 0.6) is 11.5 Å². The van der Waals surface area contributed by atoms with Crippen LogP contribution in [0, 0.1) is 0 Å². The minimum absolute atomic E-state index is 0.00412. The molecule has 33 heavy (non-hydrogen) atoms. The van der Waals surface area contributed by atoms with Gasteiger partial charge in [0.15, 0.2) is 6.61 Å². The van der Waals surface area contributed by atoms with Crippen molar-refractivity contribution in [1.82, 2.24) is 9.62 Å². The summed E-state index contributed by atoms with van der Waals surface area (Å²) >= 11 is 0. The lowest BCUT2D eigenvalue weighted by Gasteiger charge is -2.26. The van der Waals surface area contributed by atoms with Crippen LogP contribution in [-0.4, -0.2) is 71.1 Å². The highest BCUT2D eigenvalue weighted by atomic mass is 32.2. The molecule has 0 radical (unpaired) electrons. The van der Waals surface area contributed by atoms with Crippen molar-refractivity contribution in [3.63, 3.8) is 0 Å². The number of likely N-dealkylation sites (N-methyl/N-ethyl adjacent to an activating group) is 1. The van der Waals surface area contributed by atoms with Crippen LogP contribution < -0.4 is 20.1 Å². The Hall–Kier alpha value is -3.15. The molecule has 1 fully saturated rings. The number of nitrogens with one attached hydrogen (secondary N) is 2. The molecule has 10 nitrogen and oxygen atoms in total. The lowest BCUT2D eigenvalue weighted by atomic mass is 10.2. The zero-order valence-corrected chi connectivity index (χ0v) is 19.3. The van der Waals surface area contributed by atoms with Gasteiger partial charge in [0, 0.05) is 25.3 Å².